The molecule has 1 saturated heterocycles. The number of carbonyl (C=O) groups is 1. The van der Waals surface area contributed by atoms with Gasteiger partial charge in [0.15, 0.2) is 5.69 Å². The first-order chi connectivity index (χ1) is 18.2. The highest BCUT2D eigenvalue weighted by Crippen LogP contribution is 2.53. The van der Waals surface area contributed by atoms with Crippen molar-refractivity contribution >= 4 is 22.8 Å². The van der Waals surface area contributed by atoms with E-state index in [9.17, 15) is 4.79 Å². The smallest absolute Gasteiger partial charge is 0.410 e. The van der Waals surface area contributed by atoms with Crippen molar-refractivity contribution in [3.63, 3.8) is 0 Å². The molecule has 1 saturated carbocycles. The largest absolute Gasteiger partial charge is 0.444 e. The number of ether oxygens (including phenoxy) is 1. The number of benzene rings is 2. The highest BCUT2D eigenvalue weighted by atomic mass is 16.6. The molecule has 7 nitrogen and oxygen atoms in total. The Labute approximate surface area is 222 Å². The van der Waals surface area contributed by atoms with E-state index < -0.39 is 5.60 Å². The zero-order valence-corrected chi connectivity index (χ0v) is 22.2. The second-order valence-electron chi connectivity index (χ2n) is 11.5. The molecule has 2 aromatic heterocycles. The van der Waals surface area contributed by atoms with Crippen LogP contribution in [0.25, 0.3) is 38.3 Å². The fraction of sp³-hybridized carbons (Fsp3) is 0.355. The van der Waals surface area contributed by atoms with Crippen LogP contribution < -0.4 is 0 Å². The molecule has 0 spiro atoms. The van der Waals surface area contributed by atoms with Gasteiger partial charge in [-0.3, -0.25) is 4.68 Å². The highest BCUT2D eigenvalue weighted by molar-refractivity contribution is 5.90. The molecule has 1 aliphatic heterocycles. The van der Waals surface area contributed by atoms with E-state index in [1.54, 1.807) is 0 Å². The molecule has 0 N–H and O–H groups in total. The van der Waals surface area contributed by atoms with Crippen molar-refractivity contribution in [1.29, 1.82) is 0 Å². The molecule has 0 radical (unpaired) electrons. The molecule has 192 valence electrons. The Kier molecular flexibility index (Phi) is 5.71. The van der Waals surface area contributed by atoms with Crippen LogP contribution in [0.1, 0.15) is 26.3 Å². The van der Waals surface area contributed by atoms with E-state index in [0.29, 0.717) is 23.4 Å². The Morgan fingerprint density at radius 3 is 2.34 bits per heavy atom. The molecule has 2 aliphatic rings. The van der Waals surface area contributed by atoms with Gasteiger partial charge in [0, 0.05) is 30.8 Å². The van der Waals surface area contributed by atoms with Crippen LogP contribution in [0.2, 0.25) is 0 Å². The summed E-state index contributed by atoms with van der Waals surface area (Å²) >= 11 is 0. The SMILES string of the molecule is [C-]#[N+]c1ccc(-c2cc3c(cnn3CC3[C@H]4CN(C(=O)OC(C)(C)C)C[C@@H]34)nc2-c2ccc(C)cc2)cc1. The maximum Gasteiger partial charge on any atom is 0.410 e. The van der Waals surface area contributed by atoms with E-state index in [4.69, 9.17) is 21.4 Å². The molecule has 38 heavy (non-hydrogen) atoms. The second-order valence-corrected chi connectivity index (χ2v) is 11.5. The average Bonchev–Trinajstić information content (AvgIpc) is 3.20. The van der Waals surface area contributed by atoms with E-state index >= 15 is 0 Å². The number of carbonyl (C=O) groups excluding carboxylic acids is 1. The van der Waals surface area contributed by atoms with Crippen LogP contribution in [0.3, 0.4) is 0 Å². The Morgan fingerprint density at radius 1 is 1.05 bits per heavy atom. The quantitative estimate of drug-likeness (QED) is 0.288. The number of hydrogen-bond donors (Lipinski definition) is 0. The molecule has 6 rings (SSSR count). The van der Waals surface area contributed by atoms with Gasteiger partial charge in [0.25, 0.3) is 0 Å². The van der Waals surface area contributed by atoms with Crippen LogP contribution >= 0.6 is 0 Å². The van der Waals surface area contributed by atoms with Gasteiger partial charge in [-0.25, -0.2) is 14.6 Å². The lowest BCUT2D eigenvalue weighted by atomic mass is 9.98. The first kappa shape index (κ1) is 24.2. The van der Waals surface area contributed by atoms with Crippen molar-refractivity contribution < 1.29 is 9.53 Å². The molecule has 4 aromatic rings. The fourth-order valence-corrected chi connectivity index (χ4v) is 5.61. The number of fused-ring (bicyclic) bond motifs is 2. The third kappa shape index (κ3) is 4.51. The molecule has 1 unspecified atom stereocenters. The number of amides is 1. The van der Waals surface area contributed by atoms with Gasteiger partial charge in [-0.2, -0.15) is 5.10 Å². The monoisotopic (exact) mass is 505 g/mol. The Balaban J connectivity index is 1.28. The first-order valence-corrected chi connectivity index (χ1v) is 13.1. The lowest BCUT2D eigenvalue weighted by Gasteiger charge is -2.26. The Hall–Kier alpha value is -4.18. The van der Waals surface area contributed by atoms with Gasteiger partial charge in [0.1, 0.15) is 11.1 Å². The predicted octanol–water partition coefficient (Wildman–Crippen LogP) is 6.74. The molecule has 0 bridgehead atoms. The molecular formula is C31H31N5O2. The van der Waals surface area contributed by atoms with Crippen LogP contribution in [-0.2, 0) is 11.3 Å². The fourth-order valence-electron chi connectivity index (χ4n) is 5.61. The third-order valence-electron chi connectivity index (χ3n) is 7.67. The van der Waals surface area contributed by atoms with Crippen LogP contribution in [0.5, 0.6) is 0 Å². The summed E-state index contributed by atoms with van der Waals surface area (Å²) in [5.41, 5.74) is 7.20. The van der Waals surface area contributed by atoms with Crippen LogP contribution in [-0.4, -0.2) is 44.4 Å². The second kappa shape index (κ2) is 8.98. The zero-order valence-electron chi connectivity index (χ0n) is 22.2. The van der Waals surface area contributed by atoms with E-state index in [2.05, 4.69) is 46.8 Å². The van der Waals surface area contributed by atoms with E-state index in [1.807, 2.05) is 56.1 Å². The maximum absolute atomic E-state index is 12.5. The van der Waals surface area contributed by atoms with Crippen molar-refractivity contribution in [1.82, 2.24) is 19.7 Å². The van der Waals surface area contributed by atoms with Crippen molar-refractivity contribution in [2.45, 2.75) is 39.8 Å². The summed E-state index contributed by atoms with van der Waals surface area (Å²) in [6, 6.07) is 18.3. The normalized spacial score (nSPS) is 20.3. The van der Waals surface area contributed by atoms with Gasteiger partial charge in [0.05, 0.1) is 24.0 Å². The lowest BCUT2D eigenvalue weighted by Crippen LogP contribution is -2.37. The highest BCUT2D eigenvalue weighted by Gasteiger charge is 2.57. The van der Waals surface area contributed by atoms with E-state index in [1.165, 1.54) is 5.56 Å². The standard InChI is InChI=1S/C31H31N5O2/c1-19-6-8-21(9-7-19)29-23(20-10-12-22(32-5)13-11-20)14-28-27(34-29)15-33-36(28)18-26-24-16-35(17-25(24)26)30(37)38-31(2,3)4/h6-15,24-26H,16-18H2,1-4H3/t24-,25+,26?. The molecule has 3 heterocycles. The zero-order chi connectivity index (χ0) is 26.6. The molecule has 7 heteroatoms. The molecular weight excluding hydrogens is 474 g/mol. The number of aryl methyl sites for hydroxylation is 1. The minimum Gasteiger partial charge on any atom is -0.444 e. The average molecular weight is 506 g/mol. The van der Waals surface area contributed by atoms with Gasteiger partial charge >= 0.3 is 6.09 Å². The summed E-state index contributed by atoms with van der Waals surface area (Å²) in [4.78, 5) is 22.9. The van der Waals surface area contributed by atoms with Gasteiger partial charge in [-0.1, -0.05) is 54.1 Å². The number of pyridine rings is 1. The van der Waals surface area contributed by atoms with E-state index in [-0.39, 0.29) is 6.09 Å². The minimum absolute atomic E-state index is 0.213. The predicted molar refractivity (Wildman–Crippen MR) is 148 cm³/mol. The van der Waals surface area contributed by atoms with Crippen molar-refractivity contribution in [3.05, 3.63) is 77.8 Å². The minimum atomic E-state index is -0.477. The number of piperidine rings is 1. The van der Waals surface area contributed by atoms with Crippen LogP contribution in [0.4, 0.5) is 10.5 Å². The maximum atomic E-state index is 12.5. The third-order valence-corrected chi connectivity index (χ3v) is 7.67. The number of likely N-dealkylation sites (tertiary alicyclic amines) is 1. The number of rotatable bonds is 4. The first-order valence-electron chi connectivity index (χ1n) is 13.1. The topological polar surface area (TPSA) is 64.6 Å². The van der Waals surface area contributed by atoms with Gasteiger partial charge in [-0.15, -0.1) is 0 Å². The molecule has 1 aliphatic carbocycles. The van der Waals surface area contributed by atoms with Gasteiger partial charge < -0.3 is 9.64 Å². The van der Waals surface area contributed by atoms with Crippen molar-refractivity contribution in [2.75, 3.05) is 13.1 Å². The van der Waals surface area contributed by atoms with E-state index in [0.717, 1.165) is 53.1 Å². The van der Waals surface area contributed by atoms with Crippen LogP contribution in [0, 0.1) is 31.2 Å². The summed E-state index contributed by atoms with van der Waals surface area (Å²) in [5, 5.41) is 4.73. The number of aromatic nitrogens is 3. The summed E-state index contributed by atoms with van der Waals surface area (Å²) in [6.45, 7) is 17.4. The van der Waals surface area contributed by atoms with Gasteiger partial charge in [0.2, 0.25) is 0 Å². The summed E-state index contributed by atoms with van der Waals surface area (Å²) < 4.78 is 7.63. The Bertz CT molecular complexity index is 1550. The Morgan fingerprint density at radius 2 is 1.71 bits per heavy atom. The molecule has 2 aromatic carbocycles. The summed E-state index contributed by atoms with van der Waals surface area (Å²) in [5.74, 6) is 1.47. The molecule has 2 fully saturated rings. The van der Waals surface area contributed by atoms with Gasteiger partial charge in [-0.05, 0) is 57.1 Å². The lowest BCUT2D eigenvalue weighted by molar-refractivity contribution is 0.0264. The van der Waals surface area contributed by atoms with Crippen molar-refractivity contribution in [2.24, 2.45) is 17.8 Å². The molecule has 1 amide bonds. The summed E-state index contributed by atoms with van der Waals surface area (Å²) in [6.07, 6.45) is 1.64. The molecule has 3 atom stereocenters. The number of nitrogens with zero attached hydrogens (tertiary/aromatic N) is 5. The van der Waals surface area contributed by atoms with Crippen LogP contribution in [0.15, 0.2) is 60.8 Å². The van der Waals surface area contributed by atoms with Crippen molar-refractivity contribution in [3.8, 4) is 22.4 Å². The summed E-state index contributed by atoms with van der Waals surface area (Å²) in [7, 11) is 0. The number of hydrogen-bond acceptors (Lipinski definition) is 4.